The van der Waals surface area contributed by atoms with Gasteiger partial charge in [0.25, 0.3) is 5.70 Å². The predicted molar refractivity (Wildman–Crippen MR) is 72.0 cm³/mol. The molecule has 0 aliphatic carbocycles. The van der Waals surface area contributed by atoms with Crippen LogP contribution in [0.25, 0.3) is 4.85 Å². The third-order valence-electron chi connectivity index (χ3n) is 2.64. The van der Waals surface area contributed by atoms with Crippen molar-refractivity contribution in [1.29, 1.82) is 0 Å². The first-order chi connectivity index (χ1) is 9.22. The van der Waals surface area contributed by atoms with E-state index >= 15 is 0 Å². The van der Waals surface area contributed by atoms with Gasteiger partial charge >= 0.3 is 5.97 Å². The molecule has 0 amide bonds. The lowest BCUT2D eigenvalue weighted by molar-refractivity contribution is -0.135. The number of nitrogens with zero attached hydrogens (tertiary/aromatic N) is 1. The Morgan fingerprint density at radius 2 is 2.00 bits per heavy atom. The van der Waals surface area contributed by atoms with Crippen molar-refractivity contribution in [2.24, 2.45) is 0 Å². The second kappa shape index (κ2) is 8.06. The van der Waals surface area contributed by atoms with Crippen LogP contribution >= 0.6 is 0 Å². The molecule has 0 radical (unpaired) electrons. The Hall–Kier alpha value is -2.12. The Morgan fingerprint density at radius 1 is 1.32 bits per heavy atom. The molecule has 4 nitrogen and oxygen atoms in total. The molecule has 19 heavy (non-hydrogen) atoms. The van der Waals surface area contributed by atoms with Gasteiger partial charge in [0.05, 0.1) is 26.9 Å². The van der Waals surface area contributed by atoms with Gasteiger partial charge in [0.15, 0.2) is 0 Å². The van der Waals surface area contributed by atoms with E-state index in [9.17, 15) is 4.79 Å². The number of benzene rings is 1. The van der Waals surface area contributed by atoms with E-state index in [-0.39, 0.29) is 12.3 Å². The van der Waals surface area contributed by atoms with E-state index < -0.39 is 5.97 Å². The summed E-state index contributed by atoms with van der Waals surface area (Å²) in [6.45, 7) is 9.64. The third-order valence-corrected chi connectivity index (χ3v) is 2.64. The minimum atomic E-state index is -0.602. The molecule has 1 aromatic carbocycles. The lowest BCUT2D eigenvalue weighted by atomic mass is 10.1. The number of ether oxygens (including phenoxy) is 2. The summed E-state index contributed by atoms with van der Waals surface area (Å²) in [7, 11) is 1.27. The van der Waals surface area contributed by atoms with Crippen LogP contribution in [0, 0.1) is 6.57 Å². The Balaban J connectivity index is 2.65. The minimum Gasteiger partial charge on any atom is -0.474 e. The molecule has 0 heterocycles. The first-order valence-corrected chi connectivity index (χ1v) is 6.02. The number of esters is 1. The van der Waals surface area contributed by atoms with Crippen molar-refractivity contribution < 1.29 is 14.3 Å². The number of methoxy groups -OCH3 is 1. The summed E-state index contributed by atoms with van der Waals surface area (Å²) >= 11 is 0. The molecule has 0 spiro atoms. The van der Waals surface area contributed by atoms with Crippen LogP contribution in [0.4, 0.5) is 0 Å². The van der Waals surface area contributed by atoms with Gasteiger partial charge in [-0.15, -0.1) is 0 Å². The van der Waals surface area contributed by atoms with Gasteiger partial charge in [-0.1, -0.05) is 37.3 Å². The molecule has 0 fully saturated rings. The van der Waals surface area contributed by atoms with Crippen molar-refractivity contribution in [3.63, 3.8) is 0 Å². The highest BCUT2D eigenvalue weighted by Crippen LogP contribution is 2.13. The topological polar surface area (TPSA) is 39.9 Å². The second-order valence-corrected chi connectivity index (χ2v) is 3.89. The summed E-state index contributed by atoms with van der Waals surface area (Å²) < 4.78 is 10.1. The fourth-order valence-electron chi connectivity index (χ4n) is 1.57. The minimum absolute atomic E-state index is 0.0260. The Kier molecular flexibility index (Phi) is 6.34. The van der Waals surface area contributed by atoms with Crippen molar-refractivity contribution in [2.45, 2.75) is 20.0 Å². The molecule has 0 aliphatic heterocycles. The quantitative estimate of drug-likeness (QED) is 0.448. The average molecular weight is 259 g/mol. The largest absolute Gasteiger partial charge is 0.474 e. The number of carbonyl (C=O) groups excluding carboxylic acids is 1. The molecule has 0 saturated carbocycles. The second-order valence-electron chi connectivity index (χ2n) is 3.89. The van der Waals surface area contributed by atoms with E-state index in [0.717, 1.165) is 5.56 Å². The van der Waals surface area contributed by atoms with Crippen molar-refractivity contribution in [1.82, 2.24) is 0 Å². The number of hydrogen-bond donors (Lipinski definition) is 0. The maximum Gasteiger partial charge on any atom is 0.336 e. The van der Waals surface area contributed by atoms with Gasteiger partial charge in [-0.05, 0) is 17.6 Å². The molecule has 0 aliphatic rings. The standard InChI is InChI=1S/C15H17NO3/c1-4-13(14(16-2)15(17)18-3)11-19-10-12-8-6-5-7-9-12/h5-9H,4,10-11H2,1,3H3/b14-13-. The maximum atomic E-state index is 11.4. The Bertz CT molecular complexity index is 486. The summed E-state index contributed by atoms with van der Waals surface area (Å²) in [6.07, 6.45) is 0.585. The molecule has 0 aromatic heterocycles. The van der Waals surface area contributed by atoms with Crippen molar-refractivity contribution in [2.75, 3.05) is 13.7 Å². The van der Waals surface area contributed by atoms with Crippen LogP contribution in [-0.4, -0.2) is 19.7 Å². The molecule has 0 bridgehead atoms. The van der Waals surface area contributed by atoms with E-state index in [4.69, 9.17) is 11.3 Å². The fraction of sp³-hybridized carbons (Fsp3) is 0.333. The highest BCUT2D eigenvalue weighted by Gasteiger charge is 2.15. The molecular weight excluding hydrogens is 242 g/mol. The maximum absolute atomic E-state index is 11.4. The van der Waals surface area contributed by atoms with Gasteiger partial charge in [0.1, 0.15) is 0 Å². The van der Waals surface area contributed by atoms with Gasteiger partial charge in [0, 0.05) is 0 Å². The van der Waals surface area contributed by atoms with Crippen LogP contribution in [0.2, 0.25) is 0 Å². The van der Waals surface area contributed by atoms with Crippen LogP contribution in [0.5, 0.6) is 0 Å². The monoisotopic (exact) mass is 259 g/mol. The summed E-state index contributed by atoms with van der Waals surface area (Å²) in [4.78, 5) is 14.7. The van der Waals surface area contributed by atoms with E-state index in [2.05, 4.69) is 9.58 Å². The van der Waals surface area contributed by atoms with Crippen molar-refractivity contribution in [3.05, 3.63) is 58.6 Å². The molecule has 1 aromatic rings. The summed E-state index contributed by atoms with van der Waals surface area (Å²) in [6, 6.07) is 9.74. The van der Waals surface area contributed by atoms with Gasteiger partial charge in [-0.3, -0.25) is 4.79 Å². The number of carbonyl (C=O) groups is 1. The van der Waals surface area contributed by atoms with Crippen molar-refractivity contribution >= 4 is 5.97 Å². The van der Waals surface area contributed by atoms with Crippen molar-refractivity contribution in [3.8, 4) is 0 Å². The Labute approximate surface area is 113 Å². The molecule has 0 saturated heterocycles. The van der Waals surface area contributed by atoms with Gasteiger partial charge in [-0.25, -0.2) is 4.85 Å². The zero-order valence-electron chi connectivity index (χ0n) is 11.2. The molecular formula is C15H17NO3. The third kappa shape index (κ3) is 4.57. The highest BCUT2D eigenvalue weighted by atomic mass is 16.5. The van der Waals surface area contributed by atoms with E-state index in [0.29, 0.717) is 18.6 Å². The molecule has 1 rings (SSSR count). The number of hydrogen-bond acceptors (Lipinski definition) is 3. The highest BCUT2D eigenvalue weighted by molar-refractivity contribution is 5.91. The summed E-state index contributed by atoms with van der Waals surface area (Å²) in [5.41, 5.74) is 1.75. The smallest absolute Gasteiger partial charge is 0.336 e. The van der Waals surface area contributed by atoms with Crippen LogP contribution in [0.1, 0.15) is 18.9 Å². The summed E-state index contributed by atoms with van der Waals surface area (Å²) in [5, 5.41) is 0. The number of rotatable bonds is 6. The van der Waals surface area contributed by atoms with Crippen LogP contribution in [0.15, 0.2) is 41.6 Å². The zero-order chi connectivity index (χ0) is 14.1. The zero-order valence-corrected chi connectivity index (χ0v) is 11.2. The van der Waals surface area contributed by atoms with Gasteiger partial charge < -0.3 is 9.47 Å². The van der Waals surface area contributed by atoms with Gasteiger partial charge in [0.2, 0.25) is 0 Å². The van der Waals surface area contributed by atoms with Crippen LogP contribution in [0.3, 0.4) is 0 Å². The van der Waals surface area contributed by atoms with Crippen LogP contribution in [-0.2, 0) is 20.9 Å². The first kappa shape index (κ1) is 14.9. The molecule has 0 atom stereocenters. The summed E-state index contributed by atoms with van der Waals surface area (Å²) in [5.74, 6) is -0.602. The fourth-order valence-corrected chi connectivity index (χ4v) is 1.57. The molecule has 0 N–H and O–H groups in total. The van der Waals surface area contributed by atoms with Gasteiger partial charge in [-0.2, -0.15) is 0 Å². The SMILES string of the molecule is [C-]#[N+]/C(C(=O)OC)=C(/CC)COCc1ccccc1. The lowest BCUT2D eigenvalue weighted by Crippen LogP contribution is -2.08. The molecule has 100 valence electrons. The van der Waals surface area contributed by atoms with E-state index in [1.807, 2.05) is 37.3 Å². The van der Waals surface area contributed by atoms with E-state index in [1.54, 1.807) is 0 Å². The predicted octanol–water partition coefficient (Wildman–Crippen LogP) is 2.96. The average Bonchev–Trinajstić information content (AvgIpc) is 2.47. The van der Waals surface area contributed by atoms with E-state index in [1.165, 1.54) is 7.11 Å². The lowest BCUT2D eigenvalue weighted by Gasteiger charge is -2.09. The normalized spacial score (nSPS) is 11.4. The molecule has 0 unspecified atom stereocenters. The molecule has 4 heteroatoms. The first-order valence-electron chi connectivity index (χ1n) is 6.02. The Morgan fingerprint density at radius 3 is 2.53 bits per heavy atom. The van der Waals surface area contributed by atoms with Crippen LogP contribution < -0.4 is 0 Å².